The van der Waals surface area contributed by atoms with Crippen molar-refractivity contribution in [3.05, 3.63) is 35.9 Å². The fourth-order valence-electron chi connectivity index (χ4n) is 2.54. The summed E-state index contributed by atoms with van der Waals surface area (Å²) in [5.41, 5.74) is 1.37. The van der Waals surface area contributed by atoms with Gasteiger partial charge in [-0.3, -0.25) is 5.01 Å². The molecule has 2 rings (SSSR count). The van der Waals surface area contributed by atoms with E-state index in [-0.39, 0.29) is 0 Å². The van der Waals surface area contributed by atoms with Gasteiger partial charge in [0.2, 0.25) is 0 Å². The number of aryl methyl sites for hydroxylation is 1. The minimum Gasteiger partial charge on any atom is -0.382 e. The largest absolute Gasteiger partial charge is 0.382 e. The minimum absolute atomic E-state index is 0.426. The van der Waals surface area contributed by atoms with E-state index in [2.05, 4.69) is 40.4 Å². The number of hydrogen-bond acceptors (Lipinski definition) is 4. The van der Waals surface area contributed by atoms with Crippen LogP contribution in [-0.4, -0.2) is 50.7 Å². The quantitative estimate of drug-likeness (QED) is 0.518. The maximum Gasteiger partial charge on any atom is 0.0704 e. The van der Waals surface area contributed by atoms with Crippen LogP contribution in [0.1, 0.15) is 24.8 Å². The van der Waals surface area contributed by atoms with Crippen LogP contribution in [0.5, 0.6) is 0 Å². The molecule has 4 nitrogen and oxygen atoms in total. The van der Waals surface area contributed by atoms with E-state index >= 15 is 0 Å². The molecule has 1 aliphatic rings. The van der Waals surface area contributed by atoms with E-state index in [4.69, 9.17) is 9.47 Å². The average molecular weight is 290 g/mol. The van der Waals surface area contributed by atoms with E-state index in [1.807, 2.05) is 6.21 Å². The zero-order valence-corrected chi connectivity index (χ0v) is 12.9. The molecule has 0 unspecified atom stereocenters. The molecule has 4 heteroatoms. The molecule has 0 aromatic heterocycles. The van der Waals surface area contributed by atoms with Crippen molar-refractivity contribution in [3.63, 3.8) is 0 Å². The van der Waals surface area contributed by atoms with Gasteiger partial charge in [-0.2, -0.15) is 5.10 Å². The summed E-state index contributed by atoms with van der Waals surface area (Å²) in [6.45, 7) is 3.12. The van der Waals surface area contributed by atoms with Crippen molar-refractivity contribution in [2.75, 3.05) is 33.5 Å². The van der Waals surface area contributed by atoms with Crippen LogP contribution in [0.4, 0.5) is 0 Å². The maximum absolute atomic E-state index is 5.62. The highest BCUT2D eigenvalue weighted by Gasteiger charge is 2.22. The highest BCUT2D eigenvalue weighted by atomic mass is 16.5. The van der Waals surface area contributed by atoms with Gasteiger partial charge < -0.3 is 9.47 Å². The van der Waals surface area contributed by atoms with Crippen LogP contribution < -0.4 is 0 Å². The Morgan fingerprint density at radius 2 is 2.14 bits per heavy atom. The lowest BCUT2D eigenvalue weighted by atomic mass is 10.1. The Hall–Kier alpha value is -1.39. The molecule has 21 heavy (non-hydrogen) atoms. The Labute approximate surface area is 127 Å². The fourth-order valence-corrected chi connectivity index (χ4v) is 2.54. The first-order chi connectivity index (χ1) is 10.4. The zero-order chi connectivity index (χ0) is 14.8. The van der Waals surface area contributed by atoms with Crippen LogP contribution in [0.3, 0.4) is 0 Å². The van der Waals surface area contributed by atoms with Gasteiger partial charge in [-0.25, -0.2) is 0 Å². The molecule has 0 bridgehead atoms. The van der Waals surface area contributed by atoms with Gasteiger partial charge in [-0.05, 0) is 31.2 Å². The number of hydrazone groups is 1. The molecule has 1 fully saturated rings. The van der Waals surface area contributed by atoms with E-state index in [0.29, 0.717) is 19.3 Å². The highest BCUT2D eigenvalue weighted by molar-refractivity contribution is 5.57. The summed E-state index contributed by atoms with van der Waals surface area (Å²) < 4.78 is 10.6. The first-order valence-electron chi connectivity index (χ1n) is 7.80. The van der Waals surface area contributed by atoms with E-state index < -0.39 is 0 Å². The molecule has 116 valence electrons. The van der Waals surface area contributed by atoms with E-state index in [0.717, 1.165) is 26.0 Å². The monoisotopic (exact) mass is 290 g/mol. The number of benzene rings is 1. The summed E-state index contributed by atoms with van der Waals surface area (Å²) in [6, 6.07) is 11.0. The molecular weight excluding hydrogens is 264 g/mol. The molecular formula is C17H26N2O2. The first kappa shape index (κ1) is 16.0. The minimum atomic E-state index is 0.426. The number of methoxy groups -OCH3 is 1. The Bertz CT molecular complexity index is 409. The van der Waals surface area contributed by atoms with Crippen molar-refractivity contribution in [2.24, 2.45) is 5.10 Å². The lowest BCUT2D eigenvalue weighted by Gasteiger charge is -2.21. The van der Waals surface area contributed by atoms with E-state index in [1.165, 1.54) is 18.4 Å². The van der Waals surface area contributed by atoms with Gasteiger partial charge in [0.25, 0.3) is 0 Å². The number of nitrogens with zero attached hydrogens (tertiary/aromatic N) is 2. The summed E-state index contributed by atoms with van der Waals surface area (Å²) in [5, 5.41) is 6.79. The van der Waals surface area contributed by atoms with Crippen LogP contribution in [0.2, 0.25) is 0 Å². The first-order valence-corrected chi connectivity index (χ1v) is 7.80. The lowest BCUT2D eigenvalue weighted by molar-refractivity contribution is 0.0412. The predicted molar refractivity (Wildman–Crippen MR) is 85.7 cm³/mol. The van der Waals surface area contributed by atoms with E-state index in [1.54, 1.807) is 7.11 Å². The Balaban J connectivity index is 1.67. The number of hydrogen-bond donors (Lipinski definition) is 0. The summed E-state index contributed by atoms with van der Waals surface area (Å²) in [7, 11) is 1.70. The van der Waals surface area contributed by atoms with Crippen LogP contribution in [0.15, 0.2) is 35.4 Å². The smallest absolute Gasteiger partial charge is 0.0704 e. The Morgan fingerprint density at radius 3 is 2.95 bits per heavy atom. The second-order valence-corrected chi connectivity index (χ2v) is 5.35. The average Bonchev–Trinajstić information content (AvgIpc) is 2.97. The fraction of sp³-hybridized carbons (Fsp3) is 0.588. The molecule has 0 amide bonds. The SMILES string of the molecule is COCCOC[C@@H]1CCCN1/N=C/CCc1ccccc1. The molecule has 0 spiro atoms. The Kier molecular flexibility index (Phi) is 7.25. The van der Waals surface area contributed by atoms with Gasteiger partial charge in [0.05, 0.1) is 25.9 Å². The highest BCUT2D eigenvalue weighted by Crippen LogP contribution is 2.17. The van der Waals surface area contributed by atoms with Gasteiger partial charge in [0.1, 0.15) is 0 Å². The normalized spacial score (nSPS) is 18.7. The van der Waals surface area contributed by atoms with Crippen molar-refractivity contribution in [1.29, 1.82) is 0 Å². The summed E-state index contributed by atoms with van der Waals surface area (Å²) in [4.78, 5) is 0. The van der Waals surface area contributed by atoms with Crippen molar-refractivity contribution in [1.82, 2.24) is 5.01 Å². The molecule has 0 aliphatic carbocycles. The third kappa shape index (κ3) is 5.86. The molecule has 0 N–H and O–H groups in total. The second-order valence-electron chi connectivity index (χ2n) is 5.35. The lowest BCUT2D eigenvalue weighted by Crippen LogP contribution is -2.29. The van der Waals surface area contributed by atoms with Crippen molar-refractivity contribution in [3.8, 4) is 0 Å². The van der Waals surface area contributed by atoms with Crippen LogP contribution >= 0.6 is 0 Å². The van der Waals surface area contributed by atoms with E-state index in [9.17, 15) is 0 Å². The molecule has 1 aromatic rings. The third-order valence-corrected chi connectivity index (χ3v) is 3.72. The number of ether oxygens (including phenoxy) is 2. The third-order valence-electron chi connectivity index (χ3n) is 3.72. The molecule has 1 heterocycles. The second kappa shape index (κ2) is 9.53. The molecule has 0 saturated carbocycles. The molecule has 0 radical (unpaired) electrons. The topological polar surface area (TPSA) is 34.1 Å². The van der Waals surface area contributed by atoms with Crippen LogP contribution in [0.25, 0.3) is 0 Å². The standard InChI is InChI=1S/C17H26N2O2/c1-20-13-14-21-15-17-10-6-12-19(17)18-11-5-9-16-7-3-2-4-8-16/h2-4,7-8,11,17H,5-6,9-10,12-15H2,1H3/b18-11+/t17-/m0/s1. The summed E-state index contributed by atoms with van der Waals surface area (Å²) in [5.74, 6) is 0. The number of rotatable bonds is 9. The van der Waals surface area contributed by atoms with Gasteiger partial charge in [0.15, 0.2) is 0 Å². The van der Waals surface area contributed by atoms with Gasteiger partial charge >= 0.3 is 0 Å². The molecule has 1 atom stereocenters. The van der Waals surface area contributed by atoms with Crippen LogP contribution in [-0.2, 0) is 15.9 Å². The van der Waals surface area contributed by atoms with Gasteiger partial charge in [0, 0.05) is 19.9 Å². The Morgan fingerprint density at radius 1 is 1.29 bits per heavy atom. The summed E-state index contributed by atoms with van der Waals surface area (Å²) in [6.07, 6.45) is 6.45. The molecule has 1 aliphatic heterocycles. The van der Waals surface area contributed by atoms with Crippen molar-refractivity contribution in [2.45, 2.75) is 31.7 Å². The maximum atomic E-state index is 5.62. The summed E-state index contributed by atoms with van der Waals surface area (Å²) >= 11 is 0. The van der Waals surface area contributed by atoms with Gasteiger partial charge in [-0.15, -0.1) is 0 Å². The molecule has 1 aromatic carbocycles. The van der Waals surface area contributed by atoms with Crippen molar-refractivity contribution < 1.29 is 9.47 Å². The molecule has 1 saturated heterocycles. The predicted octanol–water partition coefficient (Wildman–Crippen LogP) is 2.73. The zero-order valence-electron chi connectivity index (χ0n) is 12.9. The van der Waals surface area contributed by atoms with Gasteiger partial charge in [-0.1, -0.05) is 30.3 Å². The van der Waals surface area contributed by atoms with Crippen LogP contribution in [0, 0.1) is 0 Å². The van der Waals surface area contributed by atoms with Crippen molar-refractivity contribution >= 4 is 6.21 Å².